The summed E-state index contributed by atoms with van der Waals surface area (Å²) in [5.41, 5.74) is 1.08. The largest absolute Gasteiger partial charge is 1.00 e. The third-order valence-electron chi connectivity index (χ3n) is 6.66. The maximum atomic E-state index is 15.9. The second-order valence-corrected chi connectivity index (χ2v) is 10.3. The molecule has 0 aliphatic carbocycles. The Bertz CT molecular complexity index is 1620. The number of carbonyl (C=O) groups is 3. The molecular formula is C28H24F2LiN5O4S. The number of hydrogen-bond donors (Lipinski definition) is 2. The summed E-state index contributed by atoms with van der Waals surface area (Å²) in [5, 5.41) is 16.6. The van der Waals surface area contributed by atoms with Crippen LogP contribution in [-0.4, -0.2) is 52.4 Å². The van der Waals surface area contributed by atoms with Gasteiger partial charge in [-0.3, -0.25) is 15.1 Å². The number of aromatic nitrogens is 2. The smallest absolute Gasteiger partial charge is 0.550 e. The summed E-state index contributed by atoms with van der Waals surface area (Å²) < 4.78 is 31.0. The number of nitrogens with zero attached hydrogens (tertiary/aromatic N) is 3. The number of benzene rings is 2. The van der Waals surface area contributed by atoms with Crippen LogP contribution in [-0.2, 0) is 4.79 Å². The van der Waals surface area contributed by atoms with E-state index in [1.807, 2.05) is 0 Å². The van der Waals surface area contributed by atoms with Gasteiger partial charge in [-0.2, -0.15) is 0 Å². The molecule has 9 nitrogen and oxygen atoms in total. The molecule has 3 amide bonds. The molecule has 2 N–H and O–H groups in total. The van der Waals surface area contributed by atoms with Crippen LogP contribution in [0.15, 0.2) is 48.7 Å². The normalized spacial score (nSPS) is 14.8. The van der Waals surface area contributed by atoms with Gasteiger partial charge in [-0.15, -0.1) is 0 Å². The Morgan fingerprint density at radius 2 is 1.90 bits per heavy atom. The number of halogens is 2. The summed E-state index contributed by atoms with van der Waals surface area (Å²) in [6.45, 7) is 2.64. The van der Waals surface area contributed by atoms with Gasteiger partial charge in [0.2, 0.25) is 0 Å². The van der Waals surface area contributed by atoms with Crippen LogP contribution >= 0.6 is 11.3 Å². The maximum absolute atomic E-state index is 15.9. The topological polar surface area (TPSA) is 127 Å². The number of likely N-dealkylation sites (tertiary alicyclic amines) is 1. The van der Waals surface area contributed by atoms with E-state index in [9.17, 15) is 23.9 Å². The zero-order valence-corrected chi connectivity index (χ0v) is 23.2. The van der Waals surface area contributed by atoms with Gasteiger partial charge in [0.1, 0.15) is 17.0 Å². The quantitative estimate of drug-likeness (QED) is 0.333. The fourth-order valence-electron chi connectivity index (χ4n) is 4.71. The first-order valence-corrected chi connectivity index (χ1v) is 13.5. The van der Waals surface area contributed by atoms with E-state index in [4.69, 9.17) is 0 Å². The molecule has 0 saturated carbocycles. The number of piperidine rings is 1. The summed E-state index contributed by atoms with van der Waals surface area (Å²) in [5.74, 6) is -3.50. The Morgan fingerprint density at radius 3 is 2.59 bits per heavy atom. The molecule has 1 atom stereocenters. The summed E-state index contributed by atoms with van der Waals surface area (Å²) in [4.78, 5) is 46.2. The minimum atomic E-state index is -1.18. The van der Waals surface area contributed by atoms with Crippen molar-refractivity contribution >= 4 is 44.6 Å². The molecule has 1 saturated heterocycles. The first-order valence-electron chi connectivity index (χ1n) is 12.7. The number of nitrogens with one attached hydrogen (secondary N) is 2. The SMILES string of the molecule is CCNC(=O)Nc1nc2c(F)c(-c3ccc(C(=O)N4CCCC(C(=O)[O-])C4)cc3)cc(-c3ncccc3F)c2s1.[Li+]. The molecule has 1 aliphatic heterocycles. The maximum Gasteiger partial charge on any atom is 1.00 e. The number of aliphatic carboxylic acids is 1. The summed E-state index contributed by atoms with van der Waals surface area (Å²) in [6.07, 6.45) is 2.45. The average Bonchev–Trinajstić information content (AvgIpc) is 3.38. The Balaban J connectivity index is 0.00000387. The molecule has 0 radical (unpaired) electrons. The number of carboxylic acids is 1. The van der Waals surface area contributed by atoms with Gasteiger partial charge in [0, 0.05) is 54.4 Å². The third-order valence-corrected chi connectivity index (χ3v) is 7.67. The van der Waals surface area contributed by atoms with E-state index in [-0.39, 0.29) is 53.2 Å². The fraction of sp³-hybridized carbons (Fsp3) is 0.250. The Hall–Kier alpha value is -3.85. The van der Waals surface area contributed by atoms with Crippen LogP contribution in [0, 0.1) is 17.6 Å². The Morgan fingerprint density at radius 1 is 1.15 bits per heavy atom. The molecule has 41 heavy (non-hydrogen) atoms. The number of thiazole rings is 1. The number of carbonyl (C=O) groups excluding carboxylic acids is 3. The van der Waals surface area contributed by atoms with Gasteiger partial charge in [-0.05, 0) is 55.7 Å². The van der Waals surface area contributed by atoms with Crippen molar-refractivity contribution in [2.24, 2.45) is 5.92 Å². The monoisotopic (exact) mass is 571 g/mol. The number of hydrogen-bond acceptors (Lipinski definition) is 7. The summed E-state index contributed by atoms with van der Waals surface area (Å²) >= 11 is 0.998. The number of amides is 3. The predicted molar refractivity (Wildman–Crippen MR) is 145 cm³/mol. The predicted octanol–water partition coefficient (Wildman–Crippen LogP) is 1.05. The summed E-state index contributed by atoms with van der Waals surface area (Å²) in [6, 6.07) is 9.87. The van der Waals surface area contributed by atoms with Crippen molar-refractivity contribution in [2.75, 3.05) is 25.0 Å². The van der Waals surface area contributed by atoms with Crippen molar-refractivity contribution in [2.45, 2.75) is 19.8 Å². The van der Waals surface area contributed by atoms with Crippen LogP contribution in [0.25, 0.3) is 32.6 Å². The molecule has 4 aromatic rings. The van der Waals surface area contributed by atoms with Crippen molar-refractivity contribution in [3.8, 4) is 22.4 Å². The molecular weight excluding hydrogens is 547 g/mol. The molecule has 1 aliphatic rings. The fourth-order valence-corrected chi connectivity index (χ4v) is 5.68. The number of pyridine rings is 1. The van der Waals surface area contributed by atoms with E-state index in [2.05, 4.69) is 20.6 Å². The molecule has 2 aromatic heterocycles. The van der Waals surface area contributed by atoms with Gasteiger partial charge < -0.3 is 20.1 Å². The van der Waals surface area contributed by atoms with E-state index in [0.717, 1.165) is 11.3 Å². The molecule has 13 heteroatoms. The van der Waals surface area contributed by atoms with E-state index in [1.165, 1.54) is 41.4 Å². The van der Waals surface area contributed by atoms with Gasteiger partial charge in [0.05, 0.1) is 4.70 Å². The second kappa shape index (κ2) is 12.8. The van der Waals surface area contributed by atoms with Crippen LogP contribution in [0.2, 0.25) is 0 Å². The van der Waals surface area contributed by atoms with Crippen LogP contribution in [0.3, 0.4) is 0 Å². The van der Waals surface area contributed by atoms with E-state index < -0.39 is 29.6 Å². The van der Waals surface area contributed by atoms with Gasteiger partial charge in [0.25, 0.3) is 5.91 Å². The molecule has 2 aromatic carbocycles. The molecule has 0 spiro atoms. The molecule has 1 unspecified atom stereocenters. The standard InChI is InChI=1S/C28H25F2N5O4S.Li/c1-2-31-27(39)34-28-33-23-21(30)18(13-19(24(23)40-28)22-20(29)6-3-11-32-22)15-7-9-16(10-8-15)25(36)35-12-4-5-17(14-35)26(37)38;/h3,6-11,13,17H,2,4-5,12,14H2,1H3,(H,37,38)(H2,31,33,34,39);/q;+1/p-1. The first-order chi connectivity index (χ1) is 19.3. The van der Waals surface area contributed by atoms with Crippen LogP contribution in [0.5, 0.6) is 0 Å². The van der Waals surface area contributed by atoms with Gasteiger partial charge >= 0.3 is 24.9 Å². The summed E-state index contributed by atoms with van der Waals surface area (Å²) in [7, 11) is 0. The van der Waals surface area contributed by atoms with Gasteiger partial charge in [-0.25, -0.2) is 18.6 Å². The van der Waals surface area contributed by atoms with Gasteiger partial charge in [-0.1, -0.05) is 23.5 Å². The minimum absolute atomic E-state index is 0. The van der Waals surface area contributed by atoms with Crippen LogP contribution < -0.4 is 34.6 Å². The number of anilines is 1. The molecule has 0 bridgehead atoms. The van der Waals surface area contributed by atoms with Crippen molar-refractivity contribution in [1.29, 1.82) is 0 Å². The Labute approximate surface area is 250 Å². The van der Waals surface area contributed by atoms with Gasteiger partial charge in [0.15, 0.2) is 10.9 Å². The number of carboxylic acid groups (broad SMARTS) is 1. The van der Waals surface area contributed by atoms with Crippen LogP contribution in [0.4, 0.5) is 18.7 Å². The Kier molecular flexibility index (Phi) is 9.38. The number of fused-ring (bicyclic) bond motifs is 1. The molecule has 5 rings (SSSR count). The zero-order chi connectivity index (χ0) is 28.4. The second-order valence-electron chi connectivity index (χ2n) is 9.29. The molecule has 206 valence electrons. The van der Waals surface area contributed by atoms with Crippen molar-refractivity contribution in [3.05, 3.63) is 65.9 Å². The minimum Gasteiger partial charge on any atom is -0.550 e. The number of urea groups is 1. The average molecular weight is 572 g/mol. The third kappa shape index (κ3) is 6.25. The number of rotatable bonds is 6. The van der Waals surface area contributed by atoms with Crippen molar-refractivity contribution in [1.82, 2.24) is 20.2 Å². The zero-order valence-electron chi connectivity index (χ0n) is 22.4. The van der Waals surface area contributed by atoms with Crippen molar-refractivity contribution in [3.63, 3.8) is 0 Å². The molecule has 1 fully saturated rings. The first kappa shape index (κ1) is 30.1. The van der Waals surface area contributed by atoms with E-state index in [0.29, 0.717) is 47.3 Å². The van der Waals surface area contributed by atoms with Crippen LogP contribution in [0.1, 0.15) is 30.1 Å². The van der Waals surface area contributed by atoms with Crippen molar-refractivity contribution < 1.29 is 47.1 Å². The van der Waals surface area contributed by atoms with E-state index in [1.54, 1.807) is 19.1 Å². The molecule has 3 heterocycles. The van der Waals surface area contributed by atoms with E-state index >= 15 is 4.39 Å².